The number of carbonyl (C=O) groups is 2. The average molecular weight is 360 g/mol. The molecule has 0 aromatic heterocycles. The molecule has 1 N–H and O–H groups in total. The molecule has 1 aliphatic heterocycles. The summed E-state index contributed by atoms with van der Waals surface area (Å²) < 4.78 is 28.8. The van der Waals surface area contributed by atoms with Crippen LogP contribution in [0.15, 0.2) is 54.6 Å². The van der Waals surface area contributed by atoms with Crippen LogP contribution in [0.1, 0.15) is 12.0 Å². The number of rotatable bonds is 6. The molecule has 1 unspecified atom stereocenters. The molecular formula is C19H18F2N2O3. The van der Waals surface area contributed by atoms with Crippen molar-refractivity contribution < 1.29 is 23.1 Å². The Labute approximate surface area is 149 Å². The maximum absolute atomic E-state index is 12.5. The number of benzene rings is 2. The Morgan fingerprint density at radius 2 is 1.96 bits per heavy atom. The van der Waals surface area contributed by atoms with Gasteiger partial charge in [0.2, 0.25) is 11.8 Å². The van der Waals surface area contributed by atoms with E-state index in [4.69, 9.17) is 0 Å². The van der Waals surface area contributed by atoms with Crippen LogP contribution in [0.5, 0.6) is 5.75 Å². The number of hydrogen-bond acceptors (Lipinski definition) is 3. The summed E-state index contributed by atoms with van der Waals surface area (Å²) in [5.74, 6) is -1.31. The van der Waals surface area contributed by atoms with Crippen molar-refractivity contribution in [3.05, 3.63) is 60.2 Å². The minimum absolute atomic E-state index is 0.0268. The van der Waals surface area contributed by atoms with Crippen LogP contribution in [0.2, 0.25) is 0 Å². The van der Waals surface area contributed by atoms with Crippen LogP contribution >= 0.6 is 0 Å². The average Bonchev–Trinajstić information content (AvgIpc) is 3.02. The predicted molar refractivity (Wildman–Crippen MR) is 91.8 cm³/mol. The van der Waals surface area contributed by atoms with Crippen LogP contribution in [0.25, 0.3) is 0 Å². The summed E-state index contributed by atoms with van der Waals surface area (Å²) in [6.07, 6.45) is 0.439. The van der Waals surface area contributed by atoms with Crippen molar-refractivity contribution in [1.29, 1.82) is 0 Å². The smallest absolute Gasteiger partial charge is 0.387 e. The molecule has 2 aromatic rings. The second-order valence-electron chi connectivity index (χ2n) is 5.91. The second kappa shape index (κ2) is 7.95. The van der Waals surface area contributed by atoms with Crippen molar-refractivity contribution in [2.75, 3.05) is 11.4 Å². The van der Waals surface area contributed by atoms with Crippen molar-refractivity contribution in [2.45, 2.75) is 19.6 Å². The molecule has 0 aliphatic carbocycles. The van der Waals surface area contributed by atoms with Crippen LogP contribution in [0.3, 0.4) is 0 Å². The van der Waals surface area contributed by atoms with Gasteiger partial charge in [-0.05, 0) is 36.2 Å². The third kappa shape index (κ3) is 4.17. The Morgan fingerprint density at radius 1 is 1.19 bits per heavy atom. The summed E-state index contributed by atoms with van der Waals surface area (Å²) in [7, 11) is 0. The Balaban J connectivity index is 1.58. The minimum atomic E-state index is -2.90. The molecule has 1 aliphatic rings. The van der Waals surface area contributed by atoms with Crippen molar-refractivity contribution in [3.63, 3.8) is 0 Å². The summed E-state index contributed by atoms with van der Waals surface area (Å²) in [6.45, 7) is -2.28. The molecule has 2 aromatic carbocycles. The van der Waals surface area contributed by atoms with Gasteiger partial charge in [-0.3, -0.25) is 9.59 Å². The first-order chi connectivity index (χ1) is 12.5. The van der Waals surface area contributed by atoms with Crippen molar-refractivity contribution in [3.8, 4) is 5.75 Å². The summed E-state index contributed by atoms with van der Waals surface area (Å²) in [4.78, 5) is 26.5. The van der Waals surface area contributed by atoms with Crippen LogP contribution in [-0.4, -0.2) is 25.0 Å². The van der Waals surface area contributed by atoms with E-state index in [0.717, 1.165) is 5.69 Å². The molecule has 1 saturated heterocycles. The highest BCUT2D eigenvalue weighted by molar-refractivity contribution is 6.09. The summed E-state index contributed by atoms with van der Waals surface area (Å²) >= 11 is 0. The van der Waals surface area contributed by atoms with Gasteiger partial charge in [0, 0.05) is 18.8 Å². The first-order valence-corrected chi connectivity index (χ1v) is 8.22. The number of anilines is 1. The molecule has 3 rings (SSSR count). The van der Waals surface area contributed by atoms with Crippen LogP contribution in [0, 0.1) is 5.92 Å². The van der Waals surface area contributed by atoms with Gasteiger partial charge in [0.1, 0.15) is 11.7 Å². The quantitative estimate of drug-likeness (QED) is 0.806. The van der Waals surface area contributed by atoms with Gasteiger partial charge in [0.15, 0.2) is 0 Å². The highest BCUT2D eigenvalue weighted by Crippen LogP contribution is 2.25. The number of nitrogens with zero attached hydrogens (tertiary/aromatic N) is 1. The molecule has 26 heavy (non-hydrogen) atoms. The zero-order chi connectivity index (χ0) is 18.5. The summed E-state index contributed by atoms with van der Waals surface area (Å²) in [5, 5.41) is 2.69. The van der Waals surface area contributed by atoms with E-state index in [1.807, 2.05) is 30.3 Å². The van der Waals surface area contributed by atoms with Gasteiger partial charge in [0.25, 0.3) is 0 Å². The number of alkyl halides is 2. The zero-order valence-electron chi connectivity index (χ0n) is 13.9. The number of amides is 2. The highest BCUT2D eigenvalue weighted by atomic mass is 19.3. The number of carbonyl (C=O) groups excluding carboxylic acids is 2. The van der Waals surface area contributed by atoms with E-state index in [1.54, 1.807) is 17.0 Å². The summed E-state index contributed by atoms with van der Waals surface area (Å²) in [6, 6.07) is 15.3. The topological polar surface area (TPSA) is 58.6 Å². The fourth-order valence-corrected chi connectivity index (χ4v) is 2.93. The molecular weight excluding hydrogens is 342 g/mol. The van der Waals surface area contributed by atoms with Crippen LogP contribution in [-0.2, 0) is 16.1 Å². The fraction of sp³-hybridized carbons (Fsp3) is 0.263. The largest absolute Gasteiger partial charge is 0.435 e. The molecule has 7 heteroatoms. The standard InChI is InChI=1S/C19H18F2N2O3/c20-19(21)26-15-8-4-5-13(11-15)12-22-17(24)16-9-10-23(18(16)25)14-6-2-1-3-7-14/h1-8,11,16,19H,9-10,12H2,(H,22,24). The maximum atomic E-state index is 12.5. The molecule has 1 atom stereocenters. The Hall–Kier alpha value is -2.96. The predicted octanol–water partition coefficient (Wildman–Crippen LogP) is 2.96. The first-order valence-electron chi connectivity index (χ1n) is 8.22. The Kier molecular flexibility index (Phi) is 5.46. The molecule has 0 bridgehead atoms. The van der Waals surface area contributed by atoms with E-state index < -0.39 is 12.5 Å². The van der Waals surface area contributed by atoms with Crippen LogP contribution < -0.4 is 15.0 Å². The summed E-state index contributed by atoms with van der Waals surface area (Å²) in [5.41, 5.74) is 1.38. The third-order valence-electron chi connectivity index (χ3n) is 4.18. The molecule has 1 fully saturated rings. The lowest BCUT2D eigenvalue weighted by molar-refractivity contribution is -0.132. The van der Waals surface area contributed by atoms with Crippen molar-refractivity contribution in [1.82, 2.24) is 5.32 Å². The fourth-order valence-electron chi connectivity index (χ4n) is 2.93. The number of halogens is 2. The third-order valence-corrected chi connectivity index (χ3v) is 4.18. The van der Waals surface area contributed by atoms with Gasteiger partial charge in [-0.2, -0.15) is 8.78 Å². The Bertz CT molecular complexity index is 783. The second-order valence-corrected chi connectivity index (χ2v) is 5.91. The molecule has 2 amide bonds. The van der Waals surface area contributed by atoms with E-state index >= 15 is 0 Å². The van der Waals surface area contributed by atoms with E-state index in [2.05, 4.69) is 10.1 Å². The number of para-hydroxylation sites is 1. The van der Waals surface area contributed by atoms with E-state index in [1.165, 1.54) is 12.1 Å². The van der Waals surface area contributed by atoms with Crippen LogP contribution in [0.4, 0.5) is 14.5 Å². The van der Waals surface area contributed by atoms with Gasteiger partial charge in [-0.25, -0.2) is 0 Å². The molecule has 0 spiro atoms. The number of ether oxygens (including phenoxy) is 1. The van der Waals surface area contributed by atoms with Gasteiger partial charge in [-0.15, -0.1) is 0 Å². The number of hydrogen-bond donors (Lipinski definition) is 1. The lowest BCUT2D eigenvalue weighted by Crippen LogP contribution is -2.36. The lowest BCUT2D eigenvalue weighted by atomic mass is 10.1. The zero-order valence-corrected chi connectivity index (χ0v) is 13.9. The molecule has 0 saturated carbocycles. The Morgan fingerprint density at radius 3 is 2.69 bits per heavy atom. The number of nitrogens with one attached hydrogen (secondary N) is 1. The minimum Gasteiger partial charge on any atom is -0.435 e. The normalized spacial score (nSPS) is 16.8. The van der Waals surface area contributed by atoms with Crippen molar-refractivity contribution in [2.24, 2.45) is 5.92 Å². The molecule has 5 nitrogen and oxygen atoms in total. The van der Waals surface area contributed by atoms with Gasteiger partial charge >= 0.3 is 6.61 Å². The lowest BCUT2D eigenvalue weighted by Gasteiger charge is -2.16. The molecule has 0 radical (unpaired) electrons. The molecule has 1 heterocycles. The molecule has 136 valence electrons. The monoisotopic (exact) mass is 360 g/mol. The first kappa shape index (κ1) is 17.8. The van der Waals surface area contributed by atoms with Gasteiger partial charge in [-0.1, -0.05) is 30.3 Å². The SMILES string of the molecule is O=C(NCc1cccc(OC(F)F)c1)C1CCN(c2ccccc2)C1=O. The maximum Gasteiger partial charge on any atom is 0.387 e. The highest BCUT2D eigenvalue weighted by Gasteiger charge is 2.37. The van der Waals surface area contributed by atoms with E-state index in [9.17, 15) is 18.4 Å². The van der Waals surface area contributed by atoms with E-state index in [-0.39, 0.29) is 24.1 Å². The van der Waals surface area contributed by atoms with Gasteiger partial charge < -0.3 is 15.0 Å². The van der Waals surface area contributed by atoms with E-state index in [0.29, 0.717) is 18.5 Å². The van der Waals surface area contributed by atoms with Crippen molar-refractivity contribution >= 4 is 17.5 Å². The van der Waals surface area contributed by atoms with Gasteiger partial charge in [0.05, 0.1) is 0 Å².